The van der Waals surface area contributed by atoms with Gasteiger partial charge in [-0.25, -0.2) is 4.79 Å². The fourth-order valence-corrected chi connectivity index (χ4v) is 3.91. The molecular formula is C22H34N4O6. The maximum atomic E-state index is 12.3. The van der Waals surface area contributed by atoms with Gasteiger partial charge in [-0.15, -0.1) is 0 Å². The predicted molar refractivity (Wildman–Crippen MR) is 119 cm³/mol. The van der Waals surface area contributed by atoms with E-state index in [4.69, 9.17) is 14.2 Å². The molecule has 3 amide bonds. The summed E-state index contributed by atoms with van der Waals surface area (Å²) in [6.07, 6.45) is 1.53. The number of nitrogens with zero attached hydrogens (tertiary/aromatic N) is 1. The number of nitrogens with one attached hydrogen (secondary N) is 3. The van der Waals surface area contributed by atoms with Crippen molar-refractivity contribution in [2.75, 3.05) is 58.4 Å². The van der Waals surface area contributed by atoms with Crippen LogP contribution in [0.25, 0.3) is 0 Å². The number of carbonyl (C=O) groups is 2. The monoisotopic (exact) mass is 450 g/mol. The maximum Gasteiger partial charge on any atom is 0.319 e. The zero-order valence-electron chi connectivity index (χ0n) is 18.5. The molecule has 0 aliphatic carbocycles. The SMILES string of the molecule is COc1ccc(NC(=O)N[C@@H]2CC[C@H](CCNC(=O)CN3CCOCC3)O[C@@H]2CO)cc1. The number of aliphatic hydroxyl groups is 1. The van der Waals surface area contributed by atoms with E-state index >= 15 is 0 Å². The van der Waals surface area contributed by atoms with Crippen LogP contribution in [0.15, 0.2) is 24.3 Å². The summed E-state index contributed by atoms with van der Waals surface area (Å²) in [5, 5.41) is 18.3. The van der Waals surface area contributed by atoms with E-state index in [1.54, 1.807) is 31.4 Å². The summed E-state index contributed by atoms with van der Waals surface area (Å²) in [7, 11) is 1.58. The summed E-state index contributed by atoms with van der Waals surface area (Å²) >= 11 is 0. The lowest BCUT2D eigenvalue weighted by Crippen LogP contribution is -2.52. The van der Waals surface area contributed by atoms with Crippen molar-refractivity contribution in [3.8, 4) is 5.75 Å². The van der Waals surface area contributed by atoms with E-state index in [0.717, 1.165) is 19.5 Å². The Morgan fingerprint density at radius 3 is 2.62 bits per heavy atom. The van der Waals surface area contributed by atoms with Gasteiger partial charge in [0.25, 0.3) is 0 Å². The summed E-state index contributed by atoms with van der Waals surface area (Å²) < 4.78 is 16.4. The fraction of sp³-hybridized carbons (Fsp3) is 0.636. The molecule has 0 aromatic heterocycles. The van der Waals surface area contributed by atoms with Crippen LogP contribution in [-0.2, 0) is 14.3 Å². The molecule has 2 fully saturated rings. The Bertz CT molecular complexity index is 726. The van der Waals surface area contributed by atoms with Crippen LogP contribution in [0.1, 0.15) is 19.3 Å². The molecule has 1 aromatic rings. The van der Waals surface area contributed by atoms with Crippen LogP contribution in [0.5, 0.6) is 5.75 Å². The molecule has 2 saturated heterocycles. The molecular weight excluding hydrogens is 416 g/mol. The molecule has 32 heavy (non-hydrogen) atoms. The van der Waals surface area contributed by atoms with Crippen molar-refractivity contribution in [1.29, 1.82) is 0 Å². The highest BCUT2D eigenvalue weighted by atomic mass is 16.5. The van der Waals surface area contributed by atoms with Crippen LogP contribution in [0.4, 0.5) is 10.5 Å². The number of anilines is 1. The fourth-order valence-electron chi connectivity index (χ4n) is 3.91. The third-order valence-electron chi connectivity index (χ3n) is 5.72. The van der Waals surface area contributed by atoms with E-state index in [1.165, 1.54) is 0 Å². The van der Waals surface area contributed by atoms with Gasteiger partial charge in [-0.05, 0) is 43.5 Å². The Labute approximate surface area is 188 Å². The summed E-state index contributed by atoms with van der Waals surface area (Å²) in [5.74, 6) is 0.705. The zero-order valence-corrected chi connectivity index (χ0v) is 18.5. The van der Waals surface area contributed by atoms with Crippen LogP contribution in [0, 0.1) is 0 Å². The maximum absolute atomic E-state index is 12.3. The Morgan fingerprint density at radius 2 is 1.94 bits per heavy atom. The van der Waals surface area contributed by atoms with Crippen molar-refractivity contribution < 1.29 is 28.9 Å². The highest BCUT2D eigenvalue weighted by Gasteiger charge is 2.31. The second kappa shape index (κ2) is 12.6. The second-order valence-corrected chi connectivity index (χ2v) is 8.02. The number of carbonyl (C=O) groups excluding carboxylic acids is 2. The van der Waals surface area contributed by atoms with Gasteiger partial charge >= 0.3 is 6.03 Å². The molecule has 4 N–H and O–H groups in total. The minimum Gasteiger partial charge on any atom is -0.497 e. The molecule has 0 spiro atoms. The highest BCUT2D eigenvalue weighted by Crippen LogP contribution is 2.22. The predicted octanol–water partition coefficient (Wildman–Crippen LogP) is 0.564. The number of hydrogen-bond acceptors (Lipinski definition) is 7. The number of aliphatic hydroxyl groups excluding tert-OH is 1. The molecule has 0 radical (unpaired) electrons. The summed E-state index contributed by atoms with van der Waals surface area (Å²) in [6.45, 7) is 3.59. The van der Waals surface area contributed by atoms with Crippen molar-refractivity contribution in [1.82, 2.24) is 15.5 Å². The number of hydrogen-bond donors (Lipinski definition) is 4. The van der Waals surface area contributed by atoms with Gasteiger partial charge in [-0.1, -0.05) is 0 Å². The first-order valence-corrected chi connectivity index (χ1v) is 11.1. The molecule has 1 aromatic carbocycles. The van der Waals surface area contributed by atoms with Crippen LogP contribution >= 0.6 is 0 Å². The van der Waals surface area contributed by atoms with Crippen LogP contribution < -0.4 is 20.7 Å². The van der Waals surface area contributed by atoms with Gasteiger partial charge in [-0.2, -0.15) is 0 Å². The van der Waals surface area contributed by atoms with E-state index in [-0.39, 0.29) is 30.7 Å². The lowest BCUT2D eigenvalue weighted by atomic mass is 9.97. The van der Waals surface area contributed by atoms with Gasteiger partial charge in [0.2, 0.25) is 5.91 Å². The quantitative estimate of drug-likeness (QED) is 0.434. The Morgan fingerprint density at radius 1 is 1.19 bits per heavy atom. The first-order valence-electron chi connectivity index (χ1n) is 11.1. The van der Waals surface area contributed by atoms with E-state index in [2.05, 4.69) is 20.9 Å². The standard InChI is InChI=1S/C22H34N4O6/c1-30-17-4-2-16(3-5-17)24-22(29)25-19-7-6-18(32-20(19)15-27)8-9-23-21(28)14-26-10-12-31-13-11-26/h2-5,18-20,27H,6-15H2,1H3,(H,23,28)(H2,24,25,29)/t18-,19-,20-/m1/s1. The number of morpholine rings is 1. The lowest BCUT2D eigenvalue weighted by Gasteiger charge is -2.36. The van der Waals surface area contributed by atoms with Gasteiger partial charge in [0.1, 0.15) is 11.9 Å². The second-order valence-electron chi connectivity index (χ2n) is 8.02. The minimum atomic E-state index is -0.487. The third kappa shape index (κ3) is 7.63. The van der Waals surface area contributed by atoms with Gasteiger partial charge in [0.05, 0.1) is 45.6 Å². The van der Waals surface area contributed by atoms with E-state index < -0.39 is 6.10 Å². The minimum absolute atomic E-state index is 0.00355. The molecule has 0 saturated carbocycles. The van der Waals surface area contributed by atoms with Crippen molar-refractivity contribution in [2.24, 2.45) is 0 Å². The lowest BCUT2D eigenvalue weighted by molar-refractivity contribution is -0.123. The molecule has 2 aliphatic heterocycles. The molecule has 10 heteroatoms. The van der Waals surface area contributed by atoms with Gasteiger partial charge < -0.3 is 35.3 Å². The molecule has 2 aliphatic rings. The topological polar surface area (TPSA) is 121 Å². The largest absolute Gasteiger partial charge is 0.497 e. The summed E-state index contributed by atoms with van der Waals surface area (Å²) in [6, 6.07) is 6.40. The molecule has 3 atom stereocenters. The number of amides is 3. The summed E-state index contributed by atoms with van der Waals surface area (Å²) in [5.41, 5.74) is 0.645. The zero-order chi connectivity index (χ0) is 22.8. The average molecular weight is 451 g/mol. The van der Waals surface area contributed by atoms with Gasteiger partial charge in [0, 0.05) is 25.3 Å². The number of urea groups is 1. The van der Waals surface area contributed by atoms with Crippen molar-refractivity contribution >= 4 is 17.6 Å². The molecule has 2 heterocycles. The highest BCUT2D eigenvalue weighted by molar-refractivity contribution is 5.89. The number of benzene rings is 1. The molecule has 0 bridgehead atoms. The smallest absolute Gasteiger partial charge is 0.319 e. The van der Waals surface area contributed by atoms with E-state index in [9.17, 15) is 14.7 Å². The van der Waals surface area contributed by atoms with Crippen molar-refractivity contribution in [3.63, 3.8) is 0 Å². The van der Waals surface area contributed by atoms with Gasteiger partial charge in [0.15, 0.2) is 0 Å². The van der Waals surface area contributed by atoms with E-state index in [1.807, 2.05) is 0 Å². The molecule has 0 unspecified atom stereocenters. The molecule has 178 valence electrons. The normalized spacial score (nSPS) is 23.9. The van der Waals surface area contributed by atoms with Gasteiger partial charge in [-0.3, -0.25) is 9.69 Å². The Balaban J connectivity index is 1.36. The number of methoxy groups -OCH3 is 1. The number of ether oxygens (including phenoxy) is 3. The van der Waals surface area contributed by atoms with Crippen molar-refractivity contribution in [3.05, 3.63) is 24.3 Å². The Hall–Kier alpha value is -2.40. The van der Waals surface area contributed by atoms with E-state index in [0.29, 0.717) is 50.6 Å². The first-order chi connectivity index (χ1) is 15.6. The van der Waals surface area contributed by atoms with Crippen LogP contribution in [0.2, 0.25) is 0 Å². The van der Waals surface area contributed by atoms with Crippen LogP contribution in [-0.4, -0.2) is 93.3 Å². The summed E-state index contributed by atoms with van der Waals surface area (Å²) in [4.78, 5) is 26.5. The average Bonchev–Trinajstić information content (AvgIpc) is 2.81. The van der Waals surface area contributed by atoms with Crippen molar-refractivity contribution in [2.45, 2.75) is 37.5 Å². The Kier molecular flexibility index (Phi) is 9.54. The molecule has 3 rings (SSSR count). The first kappa shape index (κ1) is 24.2. The number of rotatable bonds is 9. The molecule has 10 nitrogen and oxygen atoms in total. The van der Waals surface area contributed by atoms with Crippen LogP contribution in [0.3, 0.4) is 0 Å². The third-order valence-corrected chi connectivity index (χ3v) is 5.72.